The van der Waals surface area contributed by atoms with Gasteiger partial charge < -0.3 is 39.0 Å². The van der Waals surface area contributed by atoms with Crippen molar-refractivity contribution in [3.63, 3.8) is 0 Å². The minimum Gasteiger partial charge on any atom is -0.479 e. The minimum absolute atomic E-state index is 0.0538. The van der Waals surface area contributed by atoms with E-state index in [0.29, 0.717) is 19.3 Å². The molecule has 1 aliphatic heterocycles. The number of carbonyl (C=O) groups is 4. The number of rotatable bonds is 46. The van der Waals surface area contributed by atoms with Crippen LogP contribution in [0.5, 0.6) is 0 Å². The second-order valence-electron chi connectivity index (χ2n) is 18.8. The van der Waals surface area contributed by atoms with Crippen molar-refractivity contribution in [2.24, 2.45) is 0 Å². The largest absolute Gasteiger partial charge is 0.479 e. The molecule has 0 aromatic rings. The summed E-state index contributed by atoms with van der Waals surface area (Å²) in [6.07, 6.45) is 46.1. The van der Waals surface area contributed by atoms with Crippen molar-refractivity contribution in [2.75, 3.05) is 13.2 Å². The molecule has 1 heterocycles. The van der Waals surface area contributed by atoms with Crippen LogP contribution in [-0.2, 0) is 42.9 Å². The van der Waals surface area contributed by atoms with E-state index in [-0.39, 0.29) is 25.9 Å². The van der Waals surface area contributed by atoms with Crippen LogP contribution in [0.25, 0.3) is 0 Å². The summed E-state index contributed by atoms with van der Waals surface area (Å²) >= 11 is 0. The van der Waals surface area contributed by atoms with Gasteiger partial charge in [-0.25, -0.2) is 4.79 Å². The maximum absolute atomic E-state index is 13.1. The Kier molecular flexibility index (Phi) is 43.3. The van der Waals surface area contributed by atoms with Gasteiger partial charge in [0.15, 0.2) is 24.6 Å². The third-order valence-corrected chi connectivity index (χ3v) is 12.3. The lowest BCUT2D eigenvalue weighted by atomic mass is 9.98. The molecule has 12 nitrogen and oxygen atoms in total. The van der Waals surface area contributed by atoms with Crippen LogP contribution in [0.1, 0.15) is 226 Å². The van der Waals surface area contributed by atoms with Crippen molar-refractivity contribution >= 4 is 23.9 Å². The Balaban J connectivity index is 2.73. The van der Waals surface area contributed by atoms with Crippen molar-refractivity contribution in [2.45, 2.75) is 263 Å². The number of allylic oxidation sites excluding steroid dienone is 12. The van der Waals surface area contributed by atoms with E-state index in [0.717, 1.165) is 103 Å². The van der Waals surface area contributed by atoms with Gasteiger partial charge in [0.1, 0.15) is 18.8 Å². The van der Waals surface area contributed by atoms with Crippen LogP contribution >= 0.6 is 0 Å². The van der Waals surface area contributed by atoms with Crippen molar-refractivity contribution < 1.29 is 58.2 Å². The third kappa shape index (κ3) is 37.6. The Bertz CT molecular complexity index is 1510. The van der Waals surface area contributed by atoms with E-state index in [9.17, 15) is 34.5 Å². The molecule has 0 amide bonds. The normalized spacial score (nSPS) is 19.0. The number of carboxylic acids is 1. The SMILES string of the molecule is CC/C=C\C/C=C\C/C=C\C/C=C\CCCCC(=O)OC(COC(=O)CCCCCCCCC/C=C\C/C=C\CCCCC)COC1OC(C(=O)O)C(O)C(O)C1OC(=O)CCCCCCCCCCC. The number of aliphatic hydroxyl groups excluding tert-OH is 2. The van der Waals surface area contributed by atoms with Gasteiger partial charge in [-0.3, -0.25) is 14.4 Å². The van der Waals surface area contributed by atoms with E-state index in [4.69, 9.17) is 23.7 Å². The summed E-state index contributed by atoms with van der Waals surface area (Å²) in [5.41, 5.74) is 0. The molecule has 6 atom stereocenters. The first-order valence-electron chi connectivity index (χ1n) is 27.9. The highest BCUT2D eigenvalue weighted by molar-refractivity contribution is 5.74. The third-order valence-electron chi connectivity index (χ3n) is 12.3. The fourth-order valence-corrected chi connectivity index (χ4v) is 7.98. The Morgan fingerprint density at radius 2 is 0.887 bits per heavy atom. The molecule has 0 bridgehead atoms. The number of aliphatic hydroxyl groups is 2. The van der Waals surface area contributed by atoms with Crippen molar-refractivity contribution in [1.82, 2.24) is 0 Å². The van der Waals surface area contributed by atoms with Crippen molar-refractivity contribution in [1.29, 1.82) is 0 Å². The number of hydrogen-bond acceptors (Lipinski definition) is 11. The average molecular weight is 999 g/mol. The van der Waals surface area contributed by atoms with E-state index < -0.39 is 67.3 Å². The average Bonchev–Trinajstić information content (AvgIpc) is 3.35. The molecule has 0 aromatic carbocycles. The highest BCUT2D eigenvalue weighted by Gasteiger charge is 2.50. The van der Waals surface area contributed by atoms with Crippen LogP contribution in [0.4, 0.5) is 0 Å². The molecule has 12 heteroatoms. The maximum atomic E-state index is 13.1. The van der Waals surface area contributed by atoms with Crippen LogP contribution in [-0.4, -0.2) is 89.2 Å². The molecule has 1 rings (SSSR count). The first kappa shape index (κ1) is 65.2. The van der Waals surface area contributed by atoms with Crippen LogP contribution in [0.15, 0.2) is 72.9 Å². The highest BCUT2D eigenvalue weighted by Crippen LogP contribution is 2.26. The van der Waals surface area contributed by atoms with Gasteiger partial charge in [0.2, 0.25) is 0 Å². The Labute approximate surface area is 429 Å². The summed E-state index contributed by atoms with van der Waals surface area (Å²) in [7, 11) is 0. The molecule has 0 aliphatic carbocycles. The summed E-state index contributed by atoms with van der Waals surface area (Å²) in [5, 5.41) is 31.3. The second-order valence-corrected chi connectivity index (χ2v) is 18.8. The lowest BCUT2D eigenvalue weighted by Crippen LogP contribution is -2.61. The summed E-state index contributed by atoms with van der Waals surface area (Å²) in [6, 6.07) is 0. The Hall–Kier alpha value is -3.84. The lowest BCUT2D eigenvalue weighted by Gasteiger charge is -2.40. The molecule has 406 valence electrons. The number of carbonyl (C=O) groups excluding carboxylic acids is 3. The number of aliphatic carboxylic acids is 1. The molecule has 0 aromatic heterocycles. The van der Waals surface area contributed by atoms with Gasteiger partial charge in [0.05, 0.1) is 6.61 Å². The van der Waals surface area contributed by atoms with Gasteiger partial charge in [-0.1, -0.05) is 190 Å². The number of hydrogen-bond donors (Lipinski definition) is 3. The zero-order chi connectivity index (χ0) is 51.8. The second kappa shape index (κ2) is 47.2. The number of ether oxygens (including phenoxy) is 5. The topological polar surface area (TPSA) is 175 Å². The van der Waals surface area contributed by atoms with Crippen molar-refractivity contribution in [3.05, 3.63) is 72.9 Å². The van der Waals surface area contributed by atoms with Gasteiger partial charge in [0.25, 0.3) is 0 Å². The number of unbranched alkanes of at least 4 members (excludes halogenated alkanes) is 20. The summed E-state index contributed by atoms with van der Waals surface area (Å²) in [4.78, 5) is 50.9. The first-order valence-corrected chi connectivity index (χ1v) is 27.9. The Morgan fingerprint density at radius 1 is 0.479 bits per heavy atom. The summed E-state index contributed by atoms with van der Waals surface area (Å²) < 4.78 is 28.3. The number of carboxylic acid groups (broad SMARTS) is 1. The van der Waals surface area contributed by atoms with Crippen LogP contribution in [0.3, 0.4) is 0 Å². The van der Waals surface area contributed by atoms with E-state index in [1.807, 2.05) is 0 Å². The molecular weight excluding hydrogens is 901 g/mol. The Morgan fingerprint density at radius 3 is 1.41 bits per heavy atom. The standard InChI is InChI=1S/C59H98O12/c1-4-7-10-13-16-19-21-23-25-26-28-29-31-34-36-39-42-45-51(60)67-48-50(69-52(61)46-43-40-38-35-32-30-27-24-22-20-17-14-11-8-5-2)49-68-59-57(55(64)54(63)56(71-59)58(65)66)70-53(62)47-44-41-37-33-18-15-12-9-6-3/h8,11,16-17,19-20,23-25,27,32,35,50,54-57,59,63-64H,4-7,9-10,12-15,18,21-22,26,28-31,33-34,36-49H2,1-3H3,(H,65,66)/b11-8-,19-16-,20-17-,25-23-,27-24-,35-32-. The molecule has 0 spiro atoms. The monoisotopic (exact) mass is 999 g/mol. The molecule has 1 saturated heterocycles. The smallest absolute Gasteiger partial charge is 0.335 e. The van der Waals surface area contributed by atoms with Crippen LogP contribution < -0.4 is 0 Å². The molecular formula is C59H98O12. The van der Waals surface area contributed by atoms with Gasteiger partial charge in [0, 0.05) is 19.3 Å². The number of esters is 3. The van der Waals surface area contributed by atoms with Crippen LogP contribution in [0, 0.1) is 0 Å². The quantitative estimate of drug-likeness (QED) is 0.0228. The molecule has 1 aliphatic rings. The first-order chi connectivity index (χ1) is 34.6. The van der Waals surface area contributed by atoms with Crippen LogP contribution in [0.2, 0.25) is 0 Å². The summed E-state index contributed by atoms with van der Waals surface area (Å²) in [6.45, 7) is 5.76. The molecule has 6 unspecified atom stereocenters. The molecule has 71 heavy (non-hydrogen) atoms. The predicted molar refractivity (Wildman–Crippen MR) is 285 cm³/mol. The molecule has 3 N–H and O–H groups in total. The predicted octanol–water partition coefficient (Wildman–Crippen LogP) is 13.8. The van der Waals surface area contributed by atoms with Gasteiger partial charge in [-0.05, 0) is 89.9 Å². The van der Waals surface area contributed by atoms with E-state index >= 15 is 0 Å². The van der Waals surface area contributed by atoms with E-state index in [1.165, 1.54) is 64.2 Å². The van der Waals surface area contributed by atoms with E-state index in [2.05, 4.69) is 93.7 Å². The zero-order valence-corrected chi connectivity index (χ0v) is 44.4. The molecule has 0 radical (unpaired) electrons. The van der Waals surface area contributed by atoms with E-state index in [1.54, 1.807) is 0 Å². The fraction of sp³-hybridized carbons (Fsp3) is 0.729. The maximum Gasteiger partial charge on any atom is 0.335 e. The minimum atomic E-state index is -1.91. The lowest BCUT2D eigenvalue weighted by molar-refractivity contribution is -0.301. The van der Waals surface area contributed by atoms with Crippen molar-refractivity contribution in [3.8, 4) is 0 Å². The van der Waals surface area contributed by atoms with Gasteiger partial charge in [-0.2, -0.15) is 0 Å². The zero-order valence-electron chi connectivity index (χ0n) is 44.4. The van der Waals surface area contributed by atoms with Gasteiger partial charge in [-0.15, -0.1) is 0 Å². The molecule has 1 fully saturated rings. The van der Waals surface area contributed by atoms with Gasteiger partial charge >= 0.3 is 23.9 Å². The summed E-state index contributed by atoms with van der Waals surface area (Å²) in [5.74, 6) is -3.19. The fourth-order valence-electron chi connectivity index (χ4n) is 7.98. The highest BCUT2D eigenvalue weighted by atomic mass is 16.7. The molecule has 0 saturated carbocycles.